The fourth-order valence-corrected chi connectivity index (χ4v) is 1.97. The Morgan fingerprint density at radius 2 is 2.31 bits per heavy atom. The molecule has 0 aromatic carbocycles. The van der Waals surface area contributed by atoms with E-state index in [1.807, 2.05) is 4.68 Å². The van der Waals surface area contributed by atoms with E-state index in [9.17, 15) is 0 Å². The average Bonchev–Trinajstić information content (AvgIpc) is 2.67. The number of hydrogen-bond acceptors (Lipinski definition) is 3. The van der Waals surface area contributed by atoms with E-state index in [0.717, 1.165) is 23.2 Å². The third kappa shape index (κ3) is 2.19. The Morgan fingerprint density at radius 1 is 1.54 bits per heavy atom. The summed E-state index contributed by atoms with van der Waals surface area (Å²) < 4.78 is 2.97. The molecule has 1 aromatic rings. The molecule has 72 valence electrons. The Labute approximate surface area is 91.2 Å². The second-order valence-corrected chi connectivity index (χ2v) is 4.07. The molecular formula is C8H13IN4. The van der Waals surface area contributed by atoms with Crippen LogP contribution < -0.4 is 5.32 Å². The van der Waals surface area contributed by atoms with Crippen molar-refractivity contribution < 1.29 is 0 Å². The summed E-state index contributed by atoms with van der Waals surface area (Å²) in [5.41, 5.74) is 1.08. The van der Waals surface area contributed by atoms with Gasteiger partial charge in [-0.2, -0.15) is 0 Å². The van der Waals surface area contributed by atoms with Crippen LogP contribution in [-0.4, -0.2) is 28.1 Å². The van der Waals surface area contributed by atoms with Crippen LogP contribution in [0.3, 0.4) is 0 Å². The largest absolute Gasteiger partial charge is 0.317 e. The van der Waals surface area contributed by atoms with Gasteiger partial charge < -0.3 is 5.32 Å². The number of alkyl halides is 1. The molecule has 1 fully saturated rings. The van der Waals surface area contributed by atoms with Crippen LogP contribution in [-0.2, 0) is 4.43 Å². The Morgan fingerprint density at radius 3 is 2.92 bits per heavy atom. The molecule has 1 saturated heterocycles. The van der Waals surface area contributed by atoms with Crippen molar-refractivity contribution in [3.05, 3.63) is 11.9 Å². The maximum atomic E-state index is 4.14. The molecule has 13 heavy (non-hydrogen) atoms. The van der Waals surface area contributed by atoms with Gasteiger partial charge in [-0.15, -0.1) is 5.10 Å². The molecule has 0 radical (unpaired) electrons. The zero-order valence-electron chi connectivity index (χ0n) is 7.41. The van der Waals surface area contributed by atoms with Crippen LogP contribution >= 0.6 is 22.6 Å². The minimum atomic E-state index is 0.561. The van der Waals surface area contributed by atoms with Gasteiger partial charge >= 0.3 is 0 Å². The maximum Gasteiger partial charge on any atom is 0.0924 e. The lowest BCUT2D eigenvalue weighted by atomic mass is 10.1. The van der Waals surface area contributed by atoms with Crippen LogP contribution in [0.4, 0.5) is 0 Å². The van der Waals surface area contributed by atoms with E-state index in [0.29, 0.717) is 6.04 Å². The molecule has 2 heterocycles. The number of rotatable bonds is 2. The highest BCUT2D eigenvalue weighted by Gasteiger charge is 2.15. The predicted octanol–water partition coefficient (Wildman–Crippen LogP) is 1.14. The Bertz CT molecular complexity index is 267. The van der Waals surface area contributed by atoms with Gasteiger partial charge in [0.1, 0.15) is 0 Å². The topological polar surface area (TPSA) is 42.7 Å². The molecule has 0 spiro atoms. The lowest BCUT2D eigenvalue weighted by Crippen LogP contribution is -2.29. The number of nitrogens with one attached hydrogen (secondary N) is 1. The van der Waals surface area contributed by atoms with Crippen molar-refractivity contribution in [2.24, 2.45) is 0 Å². The molecule has 0 bridgehead atoms. The molecule has 0 amide bonds. The van der Waals surface area contributed by atoms with Crippen LogP contribution in [0.1, 0.15) is 24.6 Å². The van der Waals surface area contributed by atoms with Crippen LogP contribution in [0, 0.1) is 0 Å². The highest BCUT2D eigenvalue weighted by Crippen LogP contribution is 2.17. The first-order chi connectivity index (χ1) is 6.40. The van der Waals surface area contributed by atoms with Crippen molar-refractivity contribution in [3.63, 3.8) is 0 Å². The highest BCUT2D eigenvalue weighted by atomic mass is 127. The van der Waals surface area contributed by atoms with E-state index in [1.165, 1.54) is 12.8 Å². The van der Waals surface area contributed by atoms with Crippen molar-refractivity contribution in [2.75, 3.05) is 13.1 Å². The normalized spacial score (nSPS) is 19.2. The maximum absolute atomic E-state index is 4.14. The molecule has 1 aliphatic rings. The fourth-order valence-electron chi connectivity index (χ4n) is 1.62. The van der Waals surface area contributed by atoms with E-state index in [2.05, 4.69) is 44.4 Å². The Kier molecular flexibility index (Phi) is 3.15. The summed E-state index contributed by atoms with van der Waals surface area (Å²) in [7, 11) is 0. The summed E-state index contributed by atoms with van der Waals surface area (Å²) >= 11 is 2.31. The number of aromatic nitrogens is 3. The first kappa shape index (κ1) is 9.39. The predicted molar refractivity (Wildman–Crippen MR) is 58.9 cm³/mol. The molecule has 4 nitrogen and oxygen atoms in total. The van der Waals surface area contributed by atoms with Gasteiger partial charge in [0.05, 0.1) is 11.7 Å². The van der Waals surface area contributed by atoms with Crippen molar-refractivity contribution in [1.29, 1.82) is 0 Å². The third-order valence-electron chi connectivity index (χ3n) is 2.38. The van der Waals surface area contributed by atoms with Gasteiger partial charge in [0.15, 0.2) is 0 Å². The number of hydrogen-bond donors (Lipinski definition) is 1. The first-order valence-electron chi connectivity index (χ1n) is 4.57. The molecule has 0 atom stereocenters. The van der Waals surface area contributed by atoms with Crippen molar-refractivity contribution in [1.82, 2.24) is 20.3 Å². The van der Waals surface area contributed by atoms with E-state index in [-0.39, 0.29) is 0 Å². The first-order valence-corrected chi connectivity index (χ1v) is 6.10. The van der Waals surface area contributed by atoms with E-state index in [4.69, 9.17) is 0 Å². The zero-order valence-corrected chi connectivity index (χ0v) is 9.57. The molecule has 0 aliphatic carbocycles. The van der Waals surface area contributed by atoms with Crippen molar-refractivity contribution >= 4 is 22.6 Å². The number of nitrogens with zero attached hydrogens (tertiary/aromatic N) is 3. The summed E-state index contributed by atoms with van der Waals surface area (Å²) in [6, 6.07) is 0.561. The lowest BCUT2D eigenvalue weighted by Gasteiger charge is -2.22. The van der Waals surface area contributed by atoms with Crippen molar-refractivity contribution in [2.45, 2.75) is 23.3 Å². The van der Waals surface area contributed by atoms with Gasteiger partial charge in [-0.25, -0.2) is 4.68 Å². The Balaban J connectivity index is 2.05. The average molecular weight is 292 g/mol. The summed E-state index contributed by atoms with van der Waals surface area (Å²) in [5.74, 6) is 0. The van der Waals surface area contributed by atoms with Crippen LogP contribution in [0.2, 0.25) is 0 Å². The molecule has 1 N–H and O–H groups in total. The van der Waals surface area contributed by atoms with Gasteiger partial charge in [0.2, 0.25) is 0 Å². The highest BCUT2D eigenvalue weighted by molar-refractivity contribution is 14.1. The lowest BCUT2D eigenvalue weighted by molar-refractivity contribution is 0.337. The summed E-state index contributed by atoms with van der Waals surface area (Å²) in [4.78, 5) is 0. The molecule has 1 aliphatic heterocycles. The molecular weight excluding hydrogens is 279 g/mol. The minimum Gasteiger partial charge on any atom is -0.317 e. The summed E-state index contributed by atoms with van der Waals surface area (Å²) in [6.07, 6.45) is 4.41. The number of piperidine rings is 1. The van der Waals surface area contributed by atoms with Gasteiger partial charge in [0, 0.05) is 10.6 Å². The minimum absolute atomic E-state index is 0.561. The van der Waals surface area contributed by atoms with Crippen molar-refractivity contribution in [3.8, 4) is 0 Å². The molecule has 5 heteroatoms. The molecule has 0 saturated carbocycles. The fraction of sp³-hybridized carbons (Fsp3) is 0.750. The van der Waals surface area contributed by atoms with Crippen LogP contribution in [0.15, 0.2) is 6.20 Å². The SMILES string of the molecule is ICc1cn(C2CCNCC2)nn1. The smallest absolute Gasteiger partial charge is 0.0924 e. The third-order valence-corrected chi connectivity index (χ3v) is 3.16. The zero-order chi connectivity index (χ0) is 9.10. The molecule has 1 aromatic heterocycles. The van der Waals surface area contributed by atoms with Crippen LogP contribution in [0.25, 0.3) is 0 Å². The van der Waals surface area contributed by atoms with Gasteiger partial charge in [-0.1, -0.05) is 27.8 Å². The summed E-state index contributed by atoms with van der Waals surface area (Å²) in [6.45, 7) is 2.20. The van der Waals surface area contributed by atoms with Gasteiger partial charge in [-0.3, -0.25) is 0 Å². The number of halogens is 1. The Hall–Kier alpha value is -0.170. The molecule has 2 rings (SSSR count). The van der Waals surface area contributed by atoms with Gasteiger partial charge in [0.25, 0.3) is 0 Å². The molecule has 0 unspecified atom stereocenters. The summed E-state index contributed by atoms with van der Waals surface area (Å²) in [5, 5.41) is 11.6. The monoisotopic (exact) mass is 292 g/mol. The second kappa shape index (κ2) is 4.36. The standard InChI is InChI=1S/C8H13IN4/c9-5-7-6-13(12-11-7)8-1-3-10-4-2-8/h6,8,10H,1-5H2. The second-order valence-electron chi connectivity index (χ2n) is 3.30. The van der Waals surface area contributed by atoms with E-state index >= 15 is 0 Å². The van der Waals surface area contributed by atoms with Crippen LogP contribution in [0.5, 0.6) is 0 Å². The van der Waals surface area contributed by atoms with E-state index in [1.54, 1.807) is 0 Å². The van der Waals surface area contributed by atoms with E-state index < -0.39 is 0 Å². The van der Waals surface area contributed by atoms with Gasteiger partial charge in [-0.05, 0) is 25.9 Å². The quantitative estimate of drug-likeness (QED) is 0.656.